The average Bonchev–Trinajstić information content (AvgIpc) is 2.51. The highest BCUT2D eigenvalue weighted by Crippen LogP contribution is 2.14. The van der Waals surface area contributed by atoms with Gasteiger partial charge in [0.2, 0.25) is 5.91 Å². The quantitative estimate of drug-likeness (QED) is 0.608. The highest BCUT2D eigenvalue weighted by Gasteiger charge is 2.21. The van der Waals surface area contributed by atoms with Crippen molar-refractivity contribution in [3.05, 3.63) is 0 Å². The van der Waals surface area contributed by atoms with Crippen LogP contribution in [0.3, 0.4) is 0 Å². The average molecular weight is 172 g/mol. The molecule has 2 unspecified atom stereocenters. The number of nitrogens with two attached hydrogens (primary N) is 1. The number of hydrogen-bond donors (Lipinski definition) is 2. The van der Waals surface area contributed by atoms with E-state index in [2.05, 4.69) is 5.32 Å². The fourth-order valence-electron chi connectivity index (χ4n) is 1.39. The van der Waals surface area contributed by atoms with Gasteiger partial charge in [0.05, 0.1) is 12.6 Å². The number of carbonyl (C=O) groups is 1. The molecule has 0 saturated carbocycles. The zero-order valence-electron chi connectivity index (χ0n) is 7.38. The van der Waals surface area contributed by atoms with E-state index in [4.69, 9.17) is 10.5 Å². The van der Waals surface area contributed by atoms with Gasteiger partial charge in [-0.05, 0) is 19.8 Å². The molecule has 12 heavy (non-hydrogen) atoms. The van der Waals surface area contributed by atoms with Crippen LogP contribution in [0.15, 0.2) is 0 Å². The Morgan fingerprint density at radius 2 is 2.58 bits per heavy atom. The molecule has 3 N–H and O–H groups in total. The molecule has 1 rings (SSSR count). The summed E-state index contributed by atoms with van der Waals surface area (Å²) in [6.07, 6.45) is 2.45. The van der Waals surface area contributed by atoms with Crippen LogP contribution in [0.25, 0.3) is 0 Å². The highest BCUT2D eigenvalue weighted by molar-refractivity contribution is 5.75. The normalized spacial score (nSPS) is 25.6. The minimum absolute atomic E-state index is 0.222. The lowest BCUT2D eigenvalue weighted by Gasteiger charge is -2.18. The van der Waals surface area contributed by atoms with Crippen molar-refractivity contribution in [3.8, 4) is 0 Å². The number of nitrogens with one attached hydrogen (secondary N) is 1. The lowest BCUT2D eigenvalue weighted by Crippen LogP contribution is -2.41. The molecular weight excluding hydrogens is 156 g/mol. The van der Waals surface area contributed by atoms with Gasteiger partial charge < -0.3 is 15.8 Å². The maximum Gasteiger partial charge on any atom is 0.231 e. The first-order valence-corrected chi connectivity index (χ1v) is 4.33. The van der Waals surface area contributed by atoms with Crippen molar-refractivity contribution in [3.63, 3.8) is 0 Å². The Morgan fingerprint density at radius 1 is 1.83 bits per heavy atom. The SMILES string of the molecule is CC(NCC(N)=O)C1CCCO1. The molecule has 0 aromatic heterocycles. The van der Waals surface area contributed by atoms with E-state index in [0.717, 1.165) is 19.4 Å². The standard InChI is InChI=1S/C8H16N2O2/c1-6(10-5-8(9)11)7-3-2-4-12-7/h6-7,10H,2-5H2,1H3,(H2,9,11). The van der Waals surface area contributed by atoms with Crippen LogP contribution in [0.1, 0.15) is 19.8 Å². The van der Waals surface area contributed by atoms with Crippen molar-refractivity contribution >= 4 is 5.91 Å². The van der Waals surface area contributed by atoms with Crippen LogP contribution >= 0.6 is 0 Å². The molecule has 0 aromatic rings. The Hall–Kier alpha value is -0.610. The molecule has 0 spiro atoms. The van der Waals surface area contributed by atoms with Gasteiger partial charge in [0.25, 0.3) is 0 Å². The van der Waals surface area contributed by atoms with Gasteiger partial charge in [0.1, 0.15) is 0 Å². The zero-order valence-corrected chi connectivity index (χ0v) is 7.38. The Balaban J connectivity index is 2.17. The maximum absolute atomic E-state index is 10.4. The van der Waals surface area contributed by atoms with Gasteiger partial charge >= 0.3 is 0 Å². The monoisotopic (exact) mass is 172 g/mol. The van der Waals surface area contributed by atoms with E-state index < -0.39 is 0 Å². The van der Waals surface area contributed by atoms with Crippen LogP contribution in [0.2, 0.25) is 0 Å². The van der Waals surface area contributed by atoms with Gasteiger partial charge in [0.15, 0.2) is 0 Å². The van der Waals surface area contributed by atoms with E-state index in [-0.39, 0.29) is 24.6 Å². The second-order valence-corrected chi connectivity index (χ2v) is 3.19. The van der Waals surface area contributed by atoms with E-state index in [1.54, 1.807) is 0 Å². The number of amides is 1. The molecule has 4 heteroatoms. The third-order valence-electron chi connectivity index (χ3n) is 2.12. The van der Waals surface area contributed by atoms with Crippen LogP contribution in [0.5, 0.6) is 0 Å². The van der Waals surface area contributed by atoms with Crippen LogP contribution in [0.4, 0.5) is 0 Å². The molecule has 1 heterocycles. The van der Waals surface area contributed by atoms with E-state index in [9.17, 15) is 4.79 Å². The number of rotatable bonds is 4. The summed E-state index contributed by atoms with van der Waals surface area (Å²) in [4.78, 5) is 10.4. The summed E-state index contributed by atoms with van der Waals surface area (Å²) in [5, 5.41) is 3.02. The molecule has 4 nitrogen and oxygen atoms in total. The van der Waals surface area contributed by atoms with Crippen LogP contribution in [0, 0.1) is 0 Å². The van der Waals surface area contributed by atoms with E-state index in [0.29, 0.717) is 0 Å². The van der Waals surface area contributed by atoms with Gasteiger partial charge in [-0.2, -0.15) is 0 Å². The molecule has 0 bridgehead atoms. The molecule has 0 aromatic carbocycles. The predicted octanol–water partition coefficient (Wildman–Crippen LogP) is -0.371. The summed E-state index contributed by atoms with van der Waals surface area (Å²) in [5.74, 6) is -0.320. The maximum atomic E-state index is 10.4. The van der Waals surface area contributed by atoms with Crippen molar-refractivity contribution in [1.82, 2.24) is 5.32 Å². The van der Waals surface area contributed by atoms with Gasteiger partial charge in [-0.15, -0.1) is 0 Å². The zero-order chi connectivity index (χ0) is 8.97. The van der Waals surface area contributed by atoms with Crippen molar-refractivity contribution in [1.29, 1.82) is 0 Å². The Morgan fingerprint density at radius 3 is 3.08 bits per heavy atom. The summed E-state index contributed by atoms with van der Waals surface area (Å²) in [6, 6.07) is 0.222. The Labute approximate surface area is 72.5 Å². The number of hydrogen-bond acceptors (Lipinski definition) is 3. The van der Waals surface area contributed by atoms with Crippen molar-refractivity contribution < 1.29 is 9.53 Å². The second-order valence-electron chi connectivity index (χ2n) is 3.19. The smallest absolute Gasteiger partial charge is 0.231 e. The number of primary amides is 1. The predicted molar refractivity (Wildman–Crippen MR) is 45.6 cm³/mol. The van der Waals surface area contributed by atoms with E-state index in [1.807, 2.05) is 6.92 Å². The molecule has 1 saturated heterocycles. The Kier molecular flexibility index (Phi) is 3.49. The molecule has 0 aliphatic carbocycles. The fraction of sp³-hybridized carbons (Fsp3) is 0.875. The molecule has 0 radical (unpaired) electrons. The molecule has 2 atom stereocenters. The van der Waals surface area contributed by atoms with Crippen LogP contribution < -0.4 is 11.1 Å². The number of ether oxygens (including phenoxy) is 1. The lowest BCUT2D eigenvalue weighted by molar-refractivity contribution is -0.117. The summed E-state index contributed by atoms with van der Waals surface area (Å²) in [6.45, 7) is 3.09. The van der Waals surface area contributed by atoms with Gasteiger partial charge in [-0.1, -0.05) is 0 Å². The summed E-state index contributed by atoms with van der Waals surface area (Å²) < 4.78 is 5.43. The largest absolute Gasteiger partial charge is 0.377 e. The highest BCUT2D eigenvalue weighted by atomic mass is 16.5. The fourth-order valence-corrected chi connectivity index (χ4v) is 1.39. The minimum Gasteiger partial charge on any atom is -0.377 e. The summed E-state index contributed by atoms with van der Waals surface area (Å²) >= 11 is 0. The first-order chi connectivity index (χ1) is 5.70. The molecule has 1 aliphatic heterocycles. The topological polar surface area (TPSA) is 64.3 Å². The van der Waals surface area contributed by atoms with Crippen molar-refractivity contribution in [2.75, 3.05) is 13.2 Å². The second kappa shape index (κ2) is 4.42. The van der Waals surface area contributed by atoms with Gasteiger partial charge in [0, 0.05) is 12.6 Å². The summed E-state index contributed by atoms with van der Waals surface area (Å²) in [7, 11) is 0. The van der Waals surface area contributed by atoms with Gasteiger partial charge in [-0.25, -0.2) is 0 Å². The van der Waals surface area contributed by atoms with E-state index >= 15 is 0 Å². The first kappa shape index (κ1) is 9.48. The minimum atomic E-state index is -0.320. The third-order valence-corrected chi connectivity index (χ3v) is 2.12. The molecule has 1 fully saturated rings. The van der Waals surface area contributed by atoms with Gasteiger partial charge in [-0.3, -0.25) is 4.79 Å². The van der Waals surface area contributed by atoms with Crippen molar-refractivity contribution in [2.45, 2.75) is 31.9 Å². The molecular formula is C8H16N2O2. The van der Waals surface area contributed by atoms with Crippen LogP contribution in [-0.4, -0.2) is 31.2 Å². The van der Waals surface area contributed by atoms with Crippen LogP contribution in [-0.2, 0) is 9.53 Å². The lowest BCUT2D eigenvalue weighted by atomic mass is 10.1. The summed E-state index contributed by atoms with van der Waals surface area (Å²) in [5.41, 5.74) is 5.00. The van der Waals surface area contributed by atoms with Crippen molar-refractivity contribution in [2.24, 2.45) is 5.73 Å². The molecule has 1 amide bonds. The Bertz CT molecular complexity index is 155. The molecule has 1 aliphatic rings. The van der Waals surface area contributed by atoms with E-state index in [1.165, 1.54) is 0 Å². The third kappa shape index (κ3) is 2.79. The first-order valence-electron chi connectivity index (χ1n) is 4.33. The molecule has 70 valence electrons. The number of carbonyl (C=O) groups excluding carboxylic acids is 1.